The highest BCUT2D eigenvalue weighted by atomic mass is 16.1. The molecule has 1 aliphatic rings. The molecule has 122 valence electrons. The van der Waals surface area contributed by atoms with Gasteiger partial charge >= 0.3 is 0 Å². The van der Waals surface area contributed by atoms with Gasteiger partial charge < -0.3 is 0 Å². The summed E-state index contributed by atoms with van der Waals surface area (Å²) >= 11 is 0. The van der Waals surface area contributed by atoms with E-state index < -0.39 is 0 Å². The molecular weight excluding hydrogens is 316 g/mol. The van der Waals surface area contributed by atoms with Crippen molar-refractivity contribution in [3.63, 3.8) is 0 Å². The number of benzene rings is 4. The van der Waals surface area contributed by atoms with Crippen LogP contribution < -0.4 is 0 Å². The van der Waals surface area contributed by atoms with E-state index in [0.717, 1.165) is 44.5 Å². The molecule has 0 aromatic heterocycles. The summed E-state index contributed by atoms with van der Waals surface area (Å²) in [4.78, 5) is 13.1. The lowest BCUT2D eigenvalue weighted by Crippen LogP contribution is -1.94. The Morgan fingerprint density at radius 1 is 0.385 bits per heavy atom. The van der Waals surface area contributed by atoms with Gasteiger partial charge in [-0.25, -0.2) is 0 Å². The molecule has 0 saturated carbocycles. The standard InChI is InChI=1S/C25H16O/c26-25-21-15-7-13-19(17-9-3-1-4-10-17)23(21)24-20(14-8-16-22(24)25)18-11-5-2-6-12-18/h1-16H. The van der Waals surface area contributed by atoms with E-state index in [-0.39, 0.29) is 5.78 Å². The number of carbonyl (C=O) groups is 1. The second-order valence-corrected chi connectivity index (χ2v) is 6.52. The summed E-state index contributed by atoms with van der Waals surface area (Å²) in [5, 5.41) is 0. The summed E-state index contributed by atoms with van der Waals surface area (Å²) in [5.74, 6) is 0.116. The van der Waals surface area contributed by atoms with Gasteiger partial charge in [0.1, 0.15) is 0 Å². The third kappa shape index (κ3) is 2.14. The quantitative estimate of drug-likeness (QED) is 0.374. The van der Waals surface area contributed by atoms with Gasteiger partial charge in [-0.3, -0.25) is 4.79 Å². The first-order valence-corrected chi connectivity index (χ1v) is 8.76. The second kappa shape index (κ2) is 5.82. The first-order valence-electron chi connectivity index (χ1n) is 8.76. The molecule has 1 aliphatic carbocycles. The number of carbonyl (C=O) groups excluding carboxylic acids is 1. The van der Waals surface area contributed by atoms with E-state index in [2.05, 4.69) is 36.4 Å². The maximum absolute atomic E-state index is 13.1. The zero-order chi connectivity index (χ0) is 17.5. The van der Waals surface area contributed by atoms with Crippen molar-refractivity contribution in [1.82, 2.24) is 0 Å². The third-order valence-corrected chi connectivity index (χ3v) is 5.04. The Labute approximate surface area is 152 Å². The van der Waals surface area contributed by atoms with Crippen molar-refractivity contribution in [1.29, 1.82) is 0 Å². The van der Waals surface area contributed by atoms with Gasteiger partial charge in [0.2, 0.25) is 0 Å². The smallest absolute Gasteiger partial charge is 0.194 e. The molecule has 4 aromatic carbocycles. The Bertz CT molecular complexity index is 1030. The van der Waals surface area contributed by atoms with Crippen LogP contribution in [0.15, 0.2) is 97.1 Å². The molecule has 0 radical (unpaired) electrons. The van der Waals surface area contributed by atoms with Crippen LogP contribution in [0.5, 0.6) is 0 Å². The van der Waals surface area contributed by atoms with Gasteiger partial charge in [0.05, 0.1) is 0 Å². The van der Waals surface area contributed by atoms with Crippen LogP contribution in [0.25, 0.3) is 33.4 Å². The van der Waals surface area contributed by atoms with Crippen molar-refractivity contribution in [3.05, 3.63) is 108 Å². The maximum atomic E-state index is 13.1. The first-order chi connectivity index (χ1) is 12.8. The van der Waals surface area contributed by atoms with Crippen LogP contribution >= 0.6 is 0 Å². The molecule has 0 amide bonds. The zero-order valence-electron chi connectivity index (χ0n) is 14.1. The molecule has 1 nitrogen and oxygen atoms in total. The van der Waals surface area contributed by atoms with E-state index in [0.29, 0.717) is 0 Å². The SMILES string of the molecule is O=C1c2cccc(-c3ccccc3)c2-c2c1cccc2-c1ccccc1. The van der Waals surface area contributed by atoms with Gasteiger partial charge in [-0.2, -0.15) is 0 Å². The molecular formula is C25H16O. The summed E-state index contributed by atoms with van der Waals surface area (Å²) in [6.07, 6.45) is 0. The van der Waals surface area contributed by atoms with Crippen molar-refractivity contribution in [2.45, 2.75) is 0 Å². The number of hydrogen-bond acceptors (Lipinski definition) is 1. The van der Waals surface area contributed by atoms with Gasteiger partial charge in [-0.05, 0) is 22.3 Å². The van der Waals surface area contributed by atoms with Crippen molar-refractivity contribution in [2.24, 2.45) is 0 Å². The average molecular weight is 332 g/mol. The summed E-state index contributed by atoms with van der Waals surface area (Å²) < 4.78 is 0. The summed E-state index contributed by atoms with van der Waals surface area (Å²) in [6, 6.07) is 32.6. The molecule has 0 heterocycles. The molecule has 0 unspecified atom stereocenters. The Morgan fingerprint density at radius 3 is 1.19 bits per heavy atom. The van der Waals surface area contributed by atoms with Crippen LogP contribution in [-0.4, -0.2) is 5.78 Å². The number of ketones is 1. The van der Waals surface area contributed by atoms with Crippen LogP contribution in [0.1, 0.15) is 15.9 Å². The molecule has 0 N–H and O–H groups in total. The highest BCUT2D eigenvalue weighted by Gasteiger charge is 2.31. The molecule has 1 heteroatoms. The van der Waals surface area contributed by atoms with Crippen LogP contribution in [0, 0.1) is 0 Å². The van der Waals surface area contributed by atoms with E-state index >= 15 is 0 Å². The molecule has 0 saturated heterocycles. The molecule has 0 spiro atoms. The topological polar surface area (TPSA) is 17.1 Å². The molecule has 0 atom stereocenters. The Morgan fingerprint density at radius 2 is 0.769 bits per heavy atom. The Hall–Kier alpha value is -3.45. The van der Waals surface area contributed by atoms with E-state index in [1.807, 2.05) is 60.7 Å². The number of rotatable bonds is 2. The molecule has 0 aliphatic heterocycles. The molecule has 26 heavy (non-hydrogen) atoms. The van der Waals surface area contributed by atoms with Crippen LogP contribution in [0.4, 0.5) is 0 Å². The highest BCUT2D eigenvalue weighted by Crippen LogP contribution is 2.47. The molecule has 4 aromatic rings. The van der Waals surface area contributed by atoms with Crippen molar-refractivity contribution in [3.8, 4) is 33.4 Å². The van der Waals surface area contributed by atoms with Crippen LogP contribution in [-0.2, 0) is 0 Å². The zero-order valence-corrected chi connectivity index (χ0v) is 14.1. The summed E-state index contributed by atoms with van der Waals surface area (Å²) in [7, 11) is 0. The predicted octanol–water partition coefficient (Wildman–Crippen LogP) is 6.23. The largest absolute Gasteiger partial charge is 0.289 e. The van der Waals surface area contributed by atoms with Gasteiger partial charge in [-0.1, -0.05) is 97.1 Å². The minimum atomic E-state index is 0.116. The minimum Gasteiger partial charge on any atom is -0.289 e. The van der Waals surface area contributed by atoms with Crippen LogP contribution in [0.2, 0.25) is 0 Å². The van der Waals surface area contributed by atoms with Crippen molar-refractivity contribution < 1.29 is 4.79 Å². The Balaban J connectivity index is 1.86. The lowest BCUT2D eigenvalue weighted by Gasteiger charge is -2.13. The van der Waals surface area contributed by atoms with Gasteiger partial charge in [0, 0.05) is 22.3 Å². The van der Waals surface area contributed by atoms with E-state index in [1.54, 1.807) is 0 Å². The van der Waals surface area contributed by atoms with Gasteiger partial charge in [0.15, 0.2) is 5.78 Å². The maximum Gasteiger partial charge on any atom is 0.194 e. The Kier molecular flexibility index (Phi) is 3.32. The lowest BCUT2D eigenvalue weighted by molar-refractivity contribution is 0.104. The fourth-order valence-corrected chi connectivity index (χ4v) is 3.88. The van der Waals surface area contributed by atoms with Crippen LogP contribution in [0.3, 0.4) is 0 Å². The predicted molar refractivity (Wildman–Crippen MR) is 106 cm³/mol. The third-order valence-electron chi connectivity index (χ3n) is 5.04. The number of hydrogen-bond donors (Lipinski definition) is 0. The highest BCUT2D eigenvalue weighted by molar-refractivity contribution is 6.25. The van der Waals surface area contributed by atoms with Crippen molar-refractivity contribution >= 4 is 5.78 Å². The van der Waals surface area contributed by atoms with E-state index in [4.69, 9.17) is 0 Å². The summed E-state index contributed by atoms with van der Waals surface area (Å²) in [5.41, 5.74) is 8.18. The average Bonchev–Trinajstić information content (AvgIpc) is 3.02. The monoisotopic (exact) mass is 332 g/mol. The summed E-state index contributed by atoms with van der Waals surface area (Å²) in [6.45, 7) is 0. The molecule has 5 rings (SSSR count). The second-order valence-electron chi connectivity index (χ2n) is 6.52. The van der Waals surface area contributed by atoms with Crippen molar-refractivity contribution in [2.75, 3.05) is 0 Å². The fourth-order valence-electron chi connectivity index (χ4n) is 3.88. The van der Waals surface area contributed by atoms with E-state index in [1.165, 1.54) is 0 Å². The minimum absolute atomic E-state index is 0.116. The lowest BCUT2D eigenvalue weighted by atomic mass is 9.89. The van der Waals surface area contributed by atoms with E-state index in [9.17, 15) is 4.79 Å². The number of fused-ring (bicyclic) bond motifs is 3. The van der Waals surface area contributed by atoms with Gasteiger partial charge in [0.25, 0.3) is 0 Å². The normalized spacial score (nSPS) is 11.9. The first kappa shape index (κ1) is 14.9. The molecule has 0 bridgehead atoms. The van der Waals surface area contributed by atoms with Gasteiger partial charge in [-0.15, -0.1) is 0 Å². The fraction of sp³-hybridized carbons (Fsp3) is 0. The molecule has 0 fully saturated rings.